The molecule has 0 radical (unpaired) electrons. The molecular weight excluding hydrogens is 359 g/mol. The van der Waals surface area contributed by atoms with Crippen molar-refractivity contribution >= 4 is 38.6 Å². The number of aryl methyl sites for hydroxylation is 1. The Morgan fingerprint density at radius 2 is 2.00 bits per heavy atom. The number of hydrogen-bond acceptors (Lipinski definition) is 6. The number of carbonyl (C=O) groups is 2. The number of benzene rings is 1. The smallest absolute Gasteiger partial charge is 0.442 e. The van der Waals surface area contributed by atoms with Crippen LogP contribution in [0.25, 0.3) is 10.2 Å². The maximum Gasteiger partial charge on any atom is 0.442 e. The summed E-state index contributed by atoms with van der Waals surface area (Å²) in [5.74, 6) is -2.65. The number of hydrogen-bond donors (Lipinski definition) is 2. The molecule has 0 unspecified atom stereocenters. The number of para-hydroxylation sites is 1. The summed E-state index contributed by atoms with van der Waals surface area (Å²) in [6.45, 7) is 3.14. The summed E-state index contributed by atoms with van der Waals surface area (Å²) in [5.41, 5.74) is -2.13. The van der Waals surface area contributed by atoms with Gasteiger partial charge in [-0.2, -0.15) is 13.2 Å². The van der Waals surface area contributed by atoms with E-state index in [9.17, 15) is 22.8 Å². The van der Waals surface area contributed by atoms with Gasteiger partial charge in [-0.1, -0.05) is 30.4 Å². The van der Waals surface area contributed by atoms with Crippen molar-refractivity contribution in [2.75, 3.05) is 12.4 Å². The topological polar surface area (TPSA) is 80.3 Å². The molecule has 2 aromatic rings. The number of nitrogens with zero attached hydrogens (tertiary/aromatic N) is 1. The Bertz CT molecular complexity index is 806. The van der Waals surface area contributed by atoms with Crippen LogP contribution in [-0.2, 0) is 14.3 Å². The number of amides is 1. The molecule has 0 saturated carbocycles. The van der Waals surface area contributed by atoms with Crippen molar-refractivity contribution in [3.63, 3.8) is 0 Å². The summed E-state index contributed by atoms with van der Waals surface area (Å²) in [4.78, 5) is 27.7. The fourth-order valence-electron chi connectivity index (χ4n) is 2.14. The van der Waals surface area contributed by atoms with Crippen LogP contribution in [0, 0.1) is 6.92 Å². The van der Waals surface area contributed by atoms with Gasteiger partial charge in [-0.25, -0.2) is 9.78 Å². The number of ether oxygens (including phenoxy) is 1. The van der Waals surface area contributed by atoms with Gasteiger partial charge in [-0.15, -0.1) is 0 Å². The average Bonchev–Trinajstić information content (AvgIpc) is 2.96. The van der Waals surface area contributed by atoms with E-state index in [-0.39, 0.29) is 11.6 Å². The Kier molecular flexibility index (Phi) is 5.21. The zero-order valence-corrected chi connectivity index (χ0v) is 14.5. The van der Waals surface area contributed by atoms with Crippen molar-refractivity contribution in [2.24, 2.45) is 0 Å². The standard InChI is InChI=1S/C15H16F3N3O3S/c1-4-10(22)20-14(12(23)24-3,15(16,17)18)21-13-19-11-8(2)6-5-7-9(11)25-13/h5-7H,4H2,1-3H3,(H,19,21)(H,20,22)/t14-/m1/s1. The molecule has 136 valence electrons. The third-order valence-electron chi connectivity index (χ3n) is 3.48. The molecule has 2 rings (SSSR count). The summed E-state index contributed by atoms with van der Waals surface area (Å²) < 4.78 is 46.1. The molecule has 25 heavy (non-hydrogen) atoms. The maximum atomic E-state index is 13.7. The van der Waals surface area contributed by atoms with Crippen molar-refractivity contribution in [2.45, 2.75) is 32.1 Å². The Morgan fingerprint density at radius 3 is 2.52 bits per heavy atom. The van der Waals surface area contributed by atoms with Crippen molar-refractivity contribution in [1.82, 2.24) is 10.3 Å². The molecule has 1 atom stereocenters. The minimum Gasteiger partial charge on any atom is -0.466 e. The Labute approximate surface area is 145 Å². The molecule has 1 amide bonds. The van der Waals surface area contributed by atoms with Crippen molar-refractivity contribution in [3.8, 4) is 0 Å². The highest BCUT2D eigenvalue weighted by Gasteiger charge is 2.63. The van der Waals surface area contributed by atoms with E-state index < -0.39 is 23.7 Å². The van der Waals surface area contributed by atoms with E-state index in [1.807, 2.05) is 5.32 Å². The van der Waals surface area contributed by atoms with Gasteiger partial charge in [0.1, 0.15) is 0 Å². The number of alkyl halides is 3. The lowest BCUT2D eigenvalue weighted by Gasteiger charge is -2.33. The average molecular weight is 375 g/mol. The van der Waals surface area contributed by atoms with Crippen LogP contribution in [0.1, 0.15) is 18.9 Å². The molecule has 1 heterocycles. The Balaban J connectivity index is 2.54. The van der Waals surface area contributed by atoms with Crippen LogP contribution < -0.4 is 10.6 Å². The number of nitrogens with one attached hydrogen (secondary N) is 2. The van der Waals surface area contributed by atoms with Crippen LogP contribution in [0.5, 0.6) is 0 Å². The lowest BCUT2D eigenvalue weighted by atomic mass is 10.1. The van der Waals surface area contributed by atoms with Crippen molar-refractivity contribution < 1.29 is 27.5 Å². The lowest BCUT2D eigenvalue weighted by Crippen LogP contribution is -2.69. The normalized spacial score (nSPS) is 14.0. The van der Waals surface area contributed by atoms with Crippen molar-refractivity contribution in [3.05, 3.63) is 23.8 Å². The summed E-state index contributed by atoms with van der Waals surface area (Å²) >= 11 is 0.936. The van der Waals surface area contributed by atoms with E-state index in [0.717, 1.165) is 24.0 Å². The lowest BCUT2D eigenvalue weighted by molar-refractivity contribution is -0.206. The van der Waals surface area contributed by atoms with E-state index in [2.05, 4.69) is 9.72 Å². The van der Waals surface area contributed by atoms with Gasteiger partial charge in [0.15, 0.2) is 5.13 Å². The molecule has 0 fully saturated rings. The molecular formula is C15H16F3N3O3S. The second kappa shape index (κ2) is 6.87. The predicted octanol–water partition coefficient (Wildman–Crippen LogP) is 2.97. The largest absolute Gasteiger partial charge is 0.466 e. The highest BCUT2D eigenvalue weighted by molar-refractivity contribution is 7.22. The van der Waals surface area contributed by atoms with Gasteiger partial charge in [0.2, 0.25) is 5.91 Å². The zero-order chi connectivity index (χ0) is 18.8. The Morgan fingerprint density at radius 1 is 1.32 bits per heavy atom. The molecule has 0 aliphatic rings. The molecule has 0 aliphatic heterocycles. The first-order valence-electron chi connectivity index (χ1n) is 7.25. The molecule has 2 N–H and O–H groups in total. The van der Waals surface area contributed by atoms with Crippen LogP contribution in [0.15, 0.2) is 18.2 Å². The monoisotopic (exact) mass is 375 g/mol. The molecule has 6 nitrogen and oxygen atoms in total. The van der Waals surface area contributed by atoms with Gasteiger partial charge in [0, 0.05) is 6.42 Å². The minimum absolute atomic E-state index is 0.163. The highest BCUT2D eigenvalue weighted by Crippen LogP contribution is 2.36. The summed E-state index contributed by atoms with van der Waals surface area (Å²) in [7, 11) is 0.811. The van der Waals surface area contributed by atoms with E-state index in [0.29, 0.717) is 10.2 Å². The number of fused-ring (bicyclic) bond motifs is 1. The summed E-state index contributed by atoms with van der Waals surface area (Å²) in [6, 6.07) is 5.21. The van der Waals surface area contributed by atoms with Crippen molar-refractivity contribution in [1.29, 1.82) is 0 Å². The van der Waals surface area contributed by atoms with E-state index in [4.69, 9.17) is 0 Å². The van der Waals surface area contributed by atoms with Crippen LogP contribution in [0.2, 0.25) is 0 Å². The van der Waals surface area contributed by atoms with Gasteiger partial charge >= 0.3 is 17.8 Å². The van der Waals surface area contributed by atoms with Gasteiger partial charge in [-0.05, 0) is 18.6 Å². The number of thiazole rings is 1. The van der Waals surface area contributed by atoms with Gasteiger partial charge in [0.05, 0.1) is 17.3 Å². The second-order valence-corrected chi connectivity index (χ2v) is 6.24. The van der Waals surface area contributed by atoms with E-state index in [1.54, 1.807) is 30.4 Å². The molecule has 0 aliphatic carbocycles. The summed E-state index contributed by atoms with van der Waals surface area (Å²) in [5, 5.41) is 3.57. The third kappa shape index (κ3) is 3.53. The quantitative estimate of drug-likeness (QED) is 0.620. The maximum absolute atomic E-state index is 13.7. The molecule has 0 saturated heterocycles. The summed E-state index contributed by atoms with van der Waals surface area (Å²) in [6.07, 6.45) is -5.40. The van der Waals surface area contributed by atoms with Gasteiger partial charge in [0.25, 0.3) is 0 Å². The first-order chi connectivity index (χ1) is 11.6. The minimum atomic E-state index is -5.15. The molecule has 1 aromatic carbocycles. The number of aromatic nitrogens is 1. The van der Waals surface area contributed by atoms with E-state index in [1.165, 1.54) is 6.92 Å². The fraction of sp³-hybridized carbons (Fsp3) is 0.400. The van der Waals surface area contributed by atoms with E-state index >= 15 is 0 Å². The van der Waals surface area contributed by atoms with Crippen LogP contribution in [0.3, 0.4) is 0 Å². The number of rotatable bonds is 5. The first-order valence-corrected chi connectivity index (χ1v) is 8.06. The first kappa shape index (κ1) is 19.0. The third-order valence-corrected chi connectivity index (χ3v) is 4.42. The number of methoxy groups -OCH3 is 1. The van der Waals surface area contributed by atoms with Crippen LogP contribution in [-0.4, -0.2) is 35.8 Å². The molecule has 1 aromatic heterocycles. The number of anilines is 1. The predicted molar refractivity (Wildman–Crippen MR) is 87.2 cm³/mol. The molecule has 0 bridgehead atoms. The van der Waals surface area contributed by atoms with Crippen LogP contribution in [0.4, 0.5) is 18.3 Å². The Hall–Kier alpha value is -2.36. The highest BCUT2D eigenvalue weighted by atomic mass is 32.1. The molecule has 0 spiro atoms. The zero-order valence-electron chi connectivity index (χ0n) is 13.7. The number of carbonyl (C=O) groups excluding carboxylic acids is 2. The number of halogens is 3. The second-order valence-electron chi connectivity index (χ2n) is 5.21. The van der Waals surface area contributed by atoms with Crippen LogP contribution >= 0.6 is 11.3 Å². The SMILES string of the molecule is CCC(=O)N[C@@](Nc1nc2c(C)cccc2s1)(C(=O)OC)C(F)(F)F. The van der Waals surface area contributed by atoms with Gasteiger partial charge < -0.3 is 15.4 Å². The fourth-order valence-corrected chi connectivity index (χ4v) is 3.14. The number of esters is 1. The molecule has 10 heteroatoms. The van der Waals surface area contributed by atoms with Gasteiger partial charge in [-0.3, -0.25) is 4.79 Å².